The van der Waals surface area contributed by atoms with Crippen molar-refractivity contribution in [2.24, 2.45) is 5.73 Å². The molecule has 0 saturated carbocycles. The zero-order valence-electron chi connectivity index (χ0n) is 14.3. The predicted molar refractivity (Wildman–Crippen MR) is 96.0 cm³/mol. The molecule has 0 fully saturated rings. The summed E-state index contributed by atoms with van der Waals surface area (Å²) in [7, 11) is 0. The molecule has 0 aromatic heterocycles. The molecule has 0 aliphatic heterocycles. The van der Waals surface area contributed by atoms with E-state index in [0.29, 0.717) is 0 Å². The van der Waals surface area contributed by atoms with Crippen molar-refractivity contribution in [1.29, 1.82) is 0 Å². The number of amides is 3. The van der Waals surface area contributed by atoms with E-state index in [-0.39, 0.29) is 6.04 Å². The van der Waals surface area contributed by atoms with Crippen LogP contribution in [0, 0.1) is 0 Å². The maximum Gasteiger partial charge on any atom is 0.328 e. The van der Waals surface area contributed by atoms with Gasteiger partial charge in [-0.2, -0.15) is 0 Å². The maximum atomic E-state index is 12.2. The number of benzene rings is 2. The van der Waals surface area contributed by atoms with Gasteiger partial charge < -0.3 is 21.1 Å². The maximum absolute atomic E-state index is 12.2. The molecule has 26 heavy (non-hydrogen) atoms. The van der Waals surface area contributed by atoms with Gasteiger partial charge in [-0.25, -0.2) is 9.59 Å². The van der Waals surface area contributed by atoms with Crippen LogP contribution in [0.1, 0.15) is 24.1 Å². The summed E-state index contributed by atoms with van der Waals surface area (Å²) in [6.07, 6.45) is 0. The van der Waals surface area contributed by atoms with E-state index in [1.807, 2.05) is 60.7 Å². The van der Waals surface area contributed by atoms with E-state index in [1.54, 1.807) is 0 Å². The number of esters is 1. The number of primary amides is 1. The summed E-state index contributed by atoms with van der Waals surface area (Å²) < 4.78 is 4.92. The first-order valence-corrected chi connectivity index (χ1v) is 8.09. The van der Waals surface area contributed by atoms with Gasteiger partial charge in [-0.15, -0.1) is 0 Å². The fourth-order valence-electron chi connectivity index (χ4n) is 2.39. The van der Waals surface area contributed by atoms with Crippen LogP contribution in [0.4, 0.5) is 4.79 Å². The van der Waals surface area contributed by atoms with Crippen LogP contribution in [-0.4, -0.2) is 30.6 Å². The Bertz CT molecular complexity index is 710. The zero-order valence-corrected chi connectivity index (χ0v) is 14.3. The summed E-state index contributed by atoms with van der Waals surface area (Å²) in [6, 6.07) is 16.8. The predicted octanol–water partition coefficient (Wildman–Crippen LogP) is 1.49. The molecular weight excluding hydrogens is 334 g/mol. The van der Waals surface area contributed by atoms with Gasteiger partial charge in [-0.3, -0.25) is 4.79 Å². The lowest BCUT2D eigenvalue weighted by Crippen LogP contribution is -2.43. The highest BCUT2D eigenvalue weighted by Gasteiger charge is 2.20. The molecule has 0 aliphatic rings. The Morgan fingerprint density at radius 1 is 0.923 bits per heavy atom. The van der Waals surface area contributed by atoms with E-state index in [0.717, 1.165) is 11.1 Å². The third kappa shape index (κ3) is 5.62. The standard InChI is InChI=1S/C19H21N3O4/c1-13(21-19(20)25)18(24)26-12-16(23)22-17(14-8-4-2-5-9-14)15-10-6-3-7-11-15/h2-11,13,17H,12H2,1H3,(H,22,23)(H3,20,21,25). The second-order valence-corrected chi connectivity index (χ2v) is 5.66. The van der Waals surface area contributed by atoms with E-state index in [9.17, 15) is 14.4 Å². The van der Waals surface area contributed by atoms with Crippen LogP contribution in [0.15, 0.2) is 60.7 Å². The molecule has 0 spiro atoms. The third-order valence-corrected chi connectivity index (χ3v) is 3.63. The third-order valence-electron chi connectivity index (χ3n) is 3.63. The van der Waals surface area contributed by atoms with Gasteiger partial charge in [0.25, 0.3) is 5.91 Å². The van der Waals surface area contributed by atoms with Crippen LogP contribution in [0.2, 0.25) is 0 Å². The van der Waals surface area contributed by atoms with E-state index in [2.05, 4.69) is 10.6 Å². The molecule has 0 saturated heterocycles. The Labute approximate surface area is 151 Å². The Kier molecular flexibility index (Phi) is 6.73. The van der Waals surface area contributed by atoms with Crippen molar-refractivity contribution in [2.45, 2.75) is 19.0 Å². The number of nitrogens with two attached hydrogens (primary N) is 1. The van der Waals surface area contributed by atoms with E-state index < -0.39 is 30.6 Å². The number of rotatable bonds is 7. The Morgan fingerprint density at radius 3 is 1.88 bits per heavy atom. The zero-order chi connectivity index (χ0) is 18.9. The summed E-state index contributed by atoms with van der Waals surface area (Å²) >= 11 is 0. The van der Waals surface area contributed by atoms with Crippen molar-refractivity contribution in [3.05, 3.63) is 71.8 Å². The second-order valence-electron chi connectivity index (χ2n) is 5.66. The molecular formula is C19H21N3O4. The highest BCUT2D eigenvalue weighted by atomic mass is 16.5. The quantitative estimate of drug-likeness (QED) is 0.654. The average Bonchev–Trinajstić information content (AvgIpc) is 2.65. The Morgan fingerprint density at radius 2 is 1.42 bits per heavy atom. The Balaban J connectivity index is 2.01. The van der Waals surface area contributed by atoms with Gasteiger partial charge in [0.15, 0.2) is 6.61 Å². The number of ether oxygens (including phenoxy) is 1. The molecule has 0 heterocycles. The van der Waals surface area contributed by atoms with Crippen molar-refractivity contribution in [1.82, 2.24) is 10.6 Å². The number of urea groups is 1. The van der Waals surface area contributed by atoms with Crippen LogP contribution in [0.25, 0.3) is 0 Å². The first-order valence-electron chi connectivity index (χ1n) is 8.09. The SMILES string of the molecule is CC(NC(N)=O)C(=O)OCC(=O)NC(c1ccccc1)c1ccccc1. The summed E-state index contributed by atoms with van der Waals surface area (Å²) in [5.74, 6) is -1.20. The summed E-state index contributed by atoms with van der Waals surface area (Å²) in [4.78, 5) is 34.7. The average molecular weight is 355 g/mol. The number of carbonyl (C=O) groups excluding carboxylic acids is 3. The molecule has 0 radical (unpaired) electrons. The number of carbonyl (C=O) groups is 3. The topological polar surface area (TPSA) is 111 Å². The van der Waals surface area contributed by atoms with E-state index in [1.165, 1.54) is 6.92 Å². The molecule has 2 rings (SSSR count). The minimum Gasteiger partial charge on any atom is -0.454 e. The molecule has 2 aromatic carbocycles. The number of hydrogen-bond acceptors (Lipinski definition) is 4. The molecule has 1 atom stereocenters. The fourth-order valence-corrected chi connectivity index (χ4v) is 2.39. The lowest BCUT2D eigenvalue weighted by molar-refractivity contribution is -0.150. The molecule has 7 heteroatoms. The van der Waals surface area contributed by atoms with Crippen molar-refractivity contribution in [3.8, 4) is 0 Å². The van der Waals surface area contributed by atoms with Crippen LogP contribution >= 0.6 is 0 Å². The monoisotopic (exact) mass is 355 g/mol. The van der Waals surface area contributed by atoms with Crippen molar-refractivity contribution in [3.63, 3.8) is 0 Å². The van der Waals surface area contributed by atoms with Gasteiger partial charge in [-0.1, -0.05) is 60.7 Å². The molecule has 3 amide bonds. The van der Waals surface area contributed by atoms with Crippen molar-refractivity contribution >= 4 is 17.9 Å². The van der Waals surface area contributed by atoms with E-state index in [4.69, 9.17) is 10.5 Å². The highest BCUT2D eigenvalue weighted by Crippen LogP contribution is 2.21. The van der Waals surface area contributed by atoms with Crippen LogP contribution in [0.3, 0.4) is 0 Å². The van der Waals surface area contributed by atoms with Gasteiger partial charge in [0, 0.05) is 0 Å². The minimum atomic E-state index is -0.931. The molecule has 1 unspecified atom stereocenters. The fraction of sp³-hybridized carbons (Fsp3) is 0.211. The number of hydrogen-bond donors (Lipinski definition) is 3. The summed E-state index contributed by atoms with van der Waals surface area (Å²) in [6.45, 7) is 0.960. The van der Waals surface area contributed by atoms with Crippen LogP contribution in [-0.2, 0) is 14.3 Å². The molecule has 136 valence electrons. The van der Waals surface area contributed by atoms with Gasteiger partial charge >= 0.3 is 12.0 Å². The smallest absolute Gasteiger partial charge is 0.328 e. The second kappa shape index (κ2) is 9.22. The van der Waals surface area contributed by atoms with Crippen LogP contribution in [0.5, 0.6) is 0 Å². The lowest BCUT2D eigenvalue weighted by atomic mass is 9.99. The number of nitrogens with one attached hydrogen (secondary N) is 2. The first kappa shape index (κ1) is 19.0. The normalized spacial score (nSPS) is 11.5. The molecule has 0 aliphatic carbocycles. The van der Waals surface area contributed by atoms with Gasteiger partial charge in [0.1, 0.15) is 6.04 Å². The molecule has 0 bridgehead atoms. The highest BCUT2D eigenvalue weighted by molar-refractivity contribution is 5.85. The summed E-state index contributed by atoms with van der Waals surface area (Å²) in [5, 5.41) is 5.05. The largest absolute Gasteiger partial charge is 0.454 e. The van der Waals surface area contributed by atoms with Gasteiger partial charge in [-0.05, 0) is 18.1 Å². The van der Waals surface area contributed by atoms with Crippen molar-refractivity contribution in [2.75, 3.05) is 6.61 Å². The van der Waals surface area contributed by atoms with Gasteiger partial charge in [0.05, 0.1) is 6.04 Å². The van der Waals surface area contributed by atoms with E-state index >= 15 is 0 Å². The minimum absolute atomic E-state index is 0.371. The Hall–Kier alpha value is -3.35. The molecule has 4 N–H and O–H groups in total. The molecule has 2 aromatic rings. The first-order chi connectivity index (χ1) is 12.5. The van der Waals surface area contributed by atoms with Crippen molar-refractivity contribution < 1.29 is 19.1 Å². The van der Waals surface area contributed by atoms with Gasteiger partial charge in [0.2, 0.25) is 0 Å². The summed E-state index contributed by atoms with van der Waals surface area (Å²) in [5.41, 5.74) is 6.75. The molecule has 7 nitrogen and oxygen atoms in total. The lowest BCUT2D eigenvalue weighted by Gasteiger charge is -2.20. The van der Waals surface area contributed by atoms with Crippen LogP contribution < -0.4 is 16.4 Å².